The van der Waals surface area contributed by atoms with Gasteiger partial charge in [0.1, 0.15) is 11.5 Å². The predicted octanol–water partition coefficient (Wildman–Crippen LogP) is 3.50. The van der Waals surface area contributed by atoms with Crippen LogP contribution in [0.5, 0.6) is 11.5 Å². The number of nitrogens with one attached hydrogen (secondary N) is 2. The van der Waals surface area contributed by atoms with Crippen LogP contribution in [0.2, 0.25) is 0 Å². The summed E-state index contributed by atoms with van der Waals surface area (Å²) < 4.78 is 11.2. The van der Waals surface area contributed by atoms with E-state index in [2.05, 4.69) is 36.8 Å². The van der Waals surface area contributed by atoms with Crippen LogP contribution in [0.4, 0.5) is 5.69 Å². The number of anilines is 1. The van der Waals surface area contributed by atoms with E-state index in [9.17, 15) is 9.59 Å². The Labute approximate surface area is 179 Å². The minimum atomic E-state index is -0.444. The number of hydrogen-bond donors (Lipinski definition) is 2. The van der Waals surface area contributed by atoms with Crippen molar-refractivity contribution in [1.29, 1.82) is 0 Å². The molecule has 2 N–H and O–H groups in total. The molecular formula is C19H17BrN4O4S. The SMILES string of the molecule is COc1ccc(NC(=O)c2nnc(C(=O)NCc3cc(Br)ccc3OC)s2)cc1. The molecule has 0 bridgehead atoms. The van der Waals surface area contributed by atoms with Gasteiger partial charge in [-0.2, -0.15) is 0 Å². The minimum absolute atomic E-state index is 0.0889. The second-order valence-corrected chi connectivity index (χ2v) is 7.63. The zero-order valence-corrected chi connectivity index (χ0v) is 18.0. The monoisotopic (exact) mass is 476 g/mol. The van der Waals surface area contributed by atoms with Gasteiger partial charge in [0.05, 0.1) is 14.2 Å². The number of halogens is 1. The molecule has 0 atom stereocenters. The third-order valence-corrected chi connectivity index (χ3v) is 5.26. The number of nitrogens with zero attached hydrogens (tertiary/aromatic N) is 2. The molecule has 3 rings (SSSR count). The smallest absolute Gasteiger partial charge is 0.286 e. The van der Waals surface area contributed by atoms with Crippen molar-refractivity contribution in [1.82, 2.24) is 15.5 Å². The molecule has 0 radical (unpaired) electrons. The number of methoxy groups -OCH3 is 2. The summed E-state index contributed by atoms with van der Waals surface area (Å²) in [6.45, 7) is 0.244. The second kappa shape index (κ2) is 9.48. The minimum Gasteiger partial charge on any atom is -0.497 e. The van der Waals surface area contributed by atoms with Crippen molar-refractivity contribution in [2.75, 3.05) is 19.5 Å². The summed E-state index contributed by atoms with van der Waals surface area (Å²) in [5.74, 6) is 0.471. The topological polar surface area (TPSA) is 102 Å². The standard InChI is InChI=1S/C19H17BrN4O4S/c1-27-14-6-4-13(5-7-14)22-17(26)19-24-23-18(29-19)16(25)21-10-11-9-12(20)3-8-15(11)28-2/h3-9H,10H2,1-2H3,(H,21,25)(H,22,26). The number of amides is 2. The fourth-order valence-corrected chi connectivity index (χ4v) is 3.47. The summed E-state index contributed by atoms with van der Waals surface area (Å²) in [6, 6.07) is 12.4. The molecule has 0 aliphatic rings. The van der Waals surface area contributed by atoms with Gasteiger partial charge >= 0.3 is 0 Å². The van der Waals surface area contributed by atoms with Crippen LogP contribution in [-0.4, -0.2) is 36.2 Å². The molecule has 3 aromatic rings. The Bertz CT molecular complexity index is 1020. The van der Waals surface area contributed by atoms with Gasteiger partial charge in [-0.05, 0) is 42.5 Å². The molecule has 8 nitrogen and oxygen atoms in total. The molecule has 10 heteroatoms. The highest BCUT2D eigenvalue weighted by Gasteiger charge is 2.18. The average molecular weight is 477 g/mol. The fraction of sp³-hybridized carbons (Fsp3) is 0.158. The lowest BCUT2D eigenvalue weighted by Crippen LogP contribution is -2.23. The molecule has 150 valence electrons. The first-order valence-corrected chi connectivity index (χ1v) is 10.0. The van der Waals surface area contributed by atoms with Crippen LogP contribution in [-0.2, 0) is 6.54 Å². The van der Waals surface area contributed by atoms with E-state index in [0.717, 1.165) is 21.4 Å². The summed E-state index contributed by atoms with van der Waals surface area (Å²) in [5, 5.41) is 13.3. The molecule has 0 aliphatic heterocycles. The van der Waals surface area contributed by atoms with E-state index in [4.69, 9.17) is 9.47 Å². The molecule has 0 aliphatic carbocycles. The summed E-state index contributed by atoms with van der Waals surface area (Å²) in [6.07, 6.45) is 0. The molecule has 0 spiro atoms. The number of ether oxygens (including phenoxy) is 2. The quantitative estimate of drug-likeness (QED) is 0.540. The molecule has 2 aromatic carbocycles. The lowest BCUT2D eigenvalue weighted by Gasteiger charge is -2.09. The summed E-state index contributed by atoms with van der Waals surface area (Å²) in [5.41, 5.74) is 1.39. The molecule has 0 unspecified atom stereocenters. The Balaban J connectivity index is 1.62. The number of benzene rings is 2. The van der Waals surface area contributed by atoms with Gasteiger partial charge in [0.25, 0.3) is 11.8 Å². The third-order valence-electron chi connectivity index (χ3n) is 3.84. The Morgan fingerprint density at radius 3 is 2.34 bits per heavy atom. The van der Waals surface area contributed by atoms with Crippen LogP contribution in [0.3, 0.4) is 0 Å². The largest absolute Gasteiger partial charge is 0.497 e. The van der Waals surface area contributed by atoms with E-state index in [-0.39, 0.29) is 16.6 Å². The Morgan fingerprint density at radius 1 is 1.00 bits per heavy atom. The lowest BCUT2D eigenvalue weighted by atomic mass is 10.2. The van der Waals surface area contributed by atoms with Crippen molar-refractivity contribution < 1.29 is 19.1 Å². The van der Waals surface area contributed by atoms with Crippen molar-refractivity contribution in [3.8, 4) is 11.5 Å². The van der Waals surface area contributed by atoms with Gasteiger partial charge in [-0.3, -0.25) is 9.59 Å². The Hall–Kier alpha value is -2.98. The van der Waals surface area contributed by atoms with E-state index in [0.29, 0.717) is 17.2 Å². The lowest BCUT2D eigenvalue weighted by molar-refractivity contribution is 0.0948. The Morgan fingerprint density at radius 2 is 1.69 bits per heavy atom. The highest BCUT2D eigenvalue weighted by Crippen LogP contribution is 2.23. The van der Waals surface area contributed by atoms with Crippen LogP contribution in [0.25, 0.3) is 0 Å². The molecular weight excluding hydrogens is 460 g/mol. The zero-order chi connectivity index (χ0) is 20.8. The van der Waals surface area contributed by atoms with Crippen LogP contribution in [0.15, 0.2) is 46.9 Å². The highest BCUT2D eigenvalue weighted by atomic mass is 79.9. The van der Waals surface area contributed by atoms with Gasteiger partial charge in [0, 0.05) is 22.3 Å². The number of aromatic nitrogens is 2. The van der Waals surface area contributed by atoms with Crippen molar-refractivity contribution in [3.05, 3.63) is 62.5 Å². The van der Waals surface area contributed by atoms with Gasteiger partial charge in [-0.15, -0.1) is 10.2 Å². The maximum absolute atomic E-state index is 12.4. The van der Waals surface area contributed by atoms with E-state index < -0.39 is 11.8 Å². The van der Waals surface area contributed by atoms with Gasteiger partial charge < -0.3 is 20.1 Å². The average Bonchev–Trinajstić information content (AvgIpc) is 3.23. The first-order valence-electron chi connectivity index (χ1n) is 8.39. The summed E-state index contributed by atoms with van der Waals surface area (Å²) >= 11 is 4.30. The maximum atomic E-state index is 12.4. The van der Waals surface area contributed by atoms with Crippen LogP contribution >= 0.6 is 27.3 Å². The van der Waals surface area contributed by atoms with Crippen molar-refractivity contribution >= 4 is 44.8 Å². The van der Waals surface area contributed by atoms with Gasteiger partial charge in [0.2, 0.25) is 10.0 Å². The number of carbonyl (C=O) groups is 2. The zero-order valence-electron chi connectivity index (χ0n) is 15.6. The molecule has 2 amide bonds. The van der Waals surface area contributed by atoms with Crippen LogP contribution in [0, 0.1) is 0 Å². The fourth-order valence-electron chi connectivity index (χ4n) is 2.40. The third kappa shape index (κ3) is 5.30. The van der Waals surface area contributed by atoms with Gasteiger partial charge in [0.15, 0.2) is 0 Å². The van der Waals surface area contributed by atoms with Gasteiger partial charge in [-0.25, -0.2) is 0 Å². The first kappa shape index (κ1) is 20.7. The highest BCUT2D eigenvalue weighted by molar-refractivity contribution is 9.10. The summed E-state index contributed by atoms with van der Waals surface area (Å²) in [7, 11) is 3.13. The molecule has 0 fully saturated rings. The van der Waals surface area contributed by atoms with E-state index >= 15 is 0 Å². The predicted molar refractivity (Wildman–Crippen MR) is 113 cm³/mol. The molecule has 1 aromatic heterocycles. The Kier molecular flexibility index (Phi) is 6.78. The van der Waals surface area contributed by atoms with E-state index in [1.54, 1.807) is 44.6 Å². The molecule has 29 heavy (non-hydrogen) atoms. The second-order valence-electron chi connectivity index (χ2n) is 5.73. The summed E-state index contributed by atoms with van der Waals surface area (Å²) in [4.78, 5) is 24.7. The van der Waals surface area contributed by atoms with Crippen molar-refractivity contribution in [2.24, 2.45) is 0 Å². The number of rotatable bonds is 7. The number of carbonyl (C=O) groups excluding carboxylic acids is 2. The van der Waals surface area contributed by atoms with Crippen molar-refractivity contribution in [3.63, 3.8) is 0 Å². The number of hydrogen-bond acceptors (Lipinski definition) is 7. The molecule has 0 saturated heterocycles. The van der Waals surface area contributed by atoms with Gasteiger partial charge in [-0.1, -0.05) is 27.3 Å². The molecule has 0 saturated carbocycles. The first-order chi connectivity index (χ1) is 14.0. The maximum Gasteiger partial charge on any atom is 0.286 e. The van der Waals surface area contributed by atoms with E-state index in [1.807, 2.05) is 12.1 Å². The van der Waals surface area contributed by atoms with Crippen molar-refractivity contribution in [2.45, 2.75) is 6.54 Å². The molecule has 1 heterocycles. The van der Waals surface area contributed by atoms with E-state index in [1.165, 1.54) is 0 Å². The van der Waals surface area contributed by atoms with Crippen LogP contribution in [0.1, 0.15) is 25.2 Å². The van der Waals surface area contributed by atoms with Crippen LogP contribution < -0.4 is 20.1 Å². The normalized spacial score (nSPS) is 10.3.